The first-order chi connectivity index (χ1) is 14.4. The molecule has 0 aliphatic carbocycles. The second-order valence-corrected chi connectivity index (χ2v) is 9.50. The molecule has 3 aromatic rings. The fraction of sp³-hybridized carbons (Fsp3) is 0.250. The van der Waals surface area contributed by atoms with Gasteiger partial charge in [-0.05, 0) is 61.2 Å². The molecule has 1 aliphatic rings. The molecule has 0 amide bonds. The number of halogens is 1. The lowest BCUT2D eigenvalue weighted by Crippen LogP contribution is -2.35. The molecular formula is C24H24FNO3S. The van der Waals surface area contributed by atoms with Crippen molar-refractivity contribution < 1.29 is 17.5 Å². The van der Waals surface area contributed by atoms with Crippen LogP contribution in [0.4, 0.5) is 4.39 Å². The van der Waals surface area contributed by atoms with Crippen molar-refractivity contribution in [3.63, 3.8) is 0 Å². The predicted octanol–water partition coefficient (Wildman–Crippen LogP) is 4.70. The first kappa shape index (κ1) is 20.6. The average molecular weight is 426 g/mol. The predicted molar refractivity (Wildman–Crippen MR) is 114 cm³/mol. The Balaban J connectivity index is 1.48. The Kier molecular flexibility index (Phi) is 5.88. The molecule has 0 radical (unpaired) electrons. The number of nitrogens with one attached hydrogen (secondary N) is 1. The van der Waals surface area contributed by atoms with Gasteiger partial charge >= 0.3 is 0 Å². The quantitative estimate of drug-likeness (QED) is 0.622. The number of ether oxygens (including phenoxy) is 1. The van der Waals surface area contributed by atoms with E-state index in [1.165, 1.54) is 23.8 Å². The maximum Gasteiger partial charge on any atom is 0.206 e. The number of hydrogen-bond donors (Lipinski definition) is 1. The molecule has 1 N–H and O–H groups in total. The summed E-state index contributed by atoms with van der Waals surface area (Å²) < 4.78 is 45.4. The minimum Gasteiger partial charge on any atom is -0.489 e. The summed E-state index contributed by atoms with van der Waals surface area (Å²) in [7, 11) is -3.81. The van der Waals surface area contributed by atoms with E-state index in [1.54, 1.807) is 18.2 Å². The fourth-order valence-corrected chi connectivity index (χ4v) is 4.96. The van der Waals surface area contributed by atoms with Gasteiger partial charge in [0.05, 0.1) is 9.79 Å². The van der Waals surface area contributed by atoms with Crippen LogP contribution in [-0.2, 0) is 16.3 Å². The van der Waals surface area contributed by atoms with Crippen molar-refractivity contribution in [1.82, 2.24) is 5.32 Å². The molecule has 0 bridgehead atoms. The number of fused-ring (bicyclic) bond motifs is 1. The van der Waals surface area contributed by atoms with Crippen LogP contribution < -0.4 is 10.1 Å². The minimum atomic E-state index is -3.81. The second kappa shape index (κ2) is 8.58. The van der Waals surface area contributed by atoms with Crippen molar-refractivity contribution >= 4 is 9.84 Å². The molecular weight excluding hydrogens is 401 g/mol. The Labute approximate surface area is 176 Å². The van der Waals surface area contributed by atoms with Gasteiger partial charge in [0.25, 0.3) is 0 Å². The zero-order valence-electron chi connectivity index (χ0n) is 16.7. The first-order valence-corrected chi connectivity index (χ1v) is 11.5. The maximum absolute atomic E-state index is 13.5. The van der Waals surface area contributed by atoms with Gasteiger partial charge < -0.3 is 10.1 Å². The summed E-state index contributed by atoms with van der Waals surface area (Å²) in [4.78, 5) is 0.0475. The number of rotatable bonds is 6. The molecule has 30 heavy (non-hydrogen) atoms. The first-order valence-electron chi connectivity index (χ1n) is 10.0. The molecule has 0 spiro atoms. The third-order valence-electron chi connectivity index (χ3n) is 5.44. The molecule has 0 saturated heterocycles. The van der Waals surface area contributed by atoms with Gasteiger partial charge in [0.1, 0.15) is 17.7 Å². The second-order valence-electron chi connectivity index (χ2n) is 7.55. The molecule has 3 aromatic carbocycles. The average Bonchev–Trinajstić information content (AvgIpc) is 2.77. The fourth-order valence-electron chi connectivity index (χ4n) is 3.65. The van der Waals surface area contributed by atoms with Crippen LogP contribution in [0.2, 0.25) is 0 Å². The van der Waals surface area contributed by atoms with E-state index in [0.29, 0.717) is 12.3 Å². The van der Waals surface area contributed by atoms with E-state index in [9.17, 15) is 12.8 Å². The van der Waals surface area contributed by atoms with Crippen molar-refractivity contribution in [2.75, 3.05) is 6.54 Å². The zero-order valence-corrected chi connectivity index (χ0v) is 17.5. The Morgan fingerprint density at radius 1 is 1.03 bits per heavy atom. The van der Waals surface area contributed by atoms with Crippen molar-refractivity contribution in [1.29, 1.82) is 0 Å². The van der Waals surface area contributed by atoms with Crippen molar-refractivity contribution in [3.8, 4) is 5.75 Å². The largest absolute Gasteiger partial charge is 0.489 e. The topological polar surface area (TPSA) is 55.4 Å². The Bertz CT molecular complexity index is 1130. The third-order valence-corrected chi connectivity index (χ3v) is 7.18. The molecule has 156 valence electrons. The van der Waals surface area contributed by atoms with E-state index in [-0.39, 0.29) is 21.9 Å². The summed E-state index contributed by atoms with van der Waals surface area (Å²) in [5.41, 5.74) is 2.19. The summed E-state index contributed by atoms with van der Waals surface area (Å²) in [6.07, 6.45) is 1.63. The van der Waals surface area contributed by atoms with E-state index < -0.39 is 15.7 Å². The molecule has 0 saturated carbocycles. The van der Waals surface area contributed by atoms with Crippen molar-refractivity contribution in [3.05, 3.63) is 89.7 Å². The van der Waals surface area contributed by atoms with Gasteiger partial charge in [-0.25, -0.2) is 12.8 Å². The van der Waals surface area contributed by atoms with Gasteiger partial charge in [-0.2, -0.15) is 0 Å². The van der Waals surface area contributed by atoms with Crippen LogP contribution in [0, 0.1) is 5.82 Å². The lowest BCUT2D eigenvalue weighted by atomic mass is 10.0. The van der Waals surface area contributed by atoms with Gasteiger partial charge in [0, 0.05) is 12.6 Å². The van der Waals surface area contributed by atoms with Crippen LogP contribution >= 0.6 is 0 Å². The molecule has 0 fully saturated rings. The number of aryl methyl sites for hydroxylation is 1. The summed E-state index contributed by atoms with van der Waals surface area (Å²) in [5, 5.41) is 3.49. The van der Waals surface area contributed by atoms with Crippen LogP contribution in [0.25, 0.3) is 0 Å². The zero-order chi connectivity index (χ0) is 21.1. The van der Waals surface area contributed by atoms with Gasteiger partial charge in [-0.15, -0.1) is 0 Å². The summed E-state index contributed by atoms with van der Waals surface area (Å²) in [5.74, 6) is 0.00171. The Hall–Kier alpha value is -2.70. The highest BCUT2D eigenvalue weighted by molar-refractivity contribution is 7.91. The van der Waals surface area contributed by atoms with E-state index in [0.717, 1.165) is 24.5 Å². The highest BCUT2D eigenvalue weighted by Crippen LogP contribution is 2.32. The third kappa shape index (κ3) is 4.40. The molecule has 1 heterocycles. The van der Waals surface area contributed by atoms with Crippen LogP contribution in [-0.4, -0.2) is 21.1 Å². The summed E-state index contributed by atoms with van der Waals surface area (Å²) in [6.45, 7) is 2.77. The minimum absolute atomic E-state index is 0.0456. The van der Waals surface area contributed by atoms with Gasteiger partial charge in [-0.1, -0.05) is 42.5 Å². The van der Waals surface area contributed by atoms with E-state index in [1.807, 2.05) is 18.2 Å². The van der Waals surface area contributed by atoms with Crippen molar-refractivity contribution in [2.45, 2.75) is 41.7 Å². The molecule has 4 rings (SSSR count). The maximum atomic E-state index is 13.5. The molecule has 2 atom stereocenters. The SMILES string of the molecule is C[C@@H](NCC1CCc2ccc(S(=O)(=O)c3cccc(F)c3)cc2O1)c1ccccc1. The summed E-state index contributed by atoms with van der Waals surface area (Å²) >= 11 is 0. The highest BCUT2D eigenvalue weighted by atomic mass is 32.2. The number of benzene rings is 3. The lowest BCUT2D eigenvalue weighted by Gasteiger charge is -2.28. The van der Waals surface area contributed by atoms with Gasteiger partial charge in [0.15, 0.2) is 0 Å². The normalized spacial score (nSPS) is 17.1. The molecule has 0 aromatic heterocycles. The van der Waals surface area contributed by atoms with Crippen LogP contribution in [0.1, 0.15) is 30.5 Å². The number of hydrogen-bond acceptors (Lipinski definition) is 4. The monoisotopic (exact) mass is 425 g/mol. The standard InChI is InChI=1S/C24H24FNO3S/c1-17(18-6-3-2-4-7-18)26-16-21-12-10-19-11-13-23(15-24(19)29-21)30(27,28)22-9-5-8-20(25)14-22/h2-9,11,13-15,17,21,26H,10,12,16H2,1H3/t17-,21?/m1/s1. The lowest BCUT2D eigenvalue weighted by molar-refractivity contribution is 0.166. The molecule has 1 unspecified atom stereocenters. The van der Waals surface area contributed by atoms with E-state index >= 15 is 0 Å². The van der Waals surface area contributed by atoms with E-state index in [2.05, 4.69) is 24.4 Å². The van der Waals surface area contributed by atoms with Crippen molar-refractivity contribution in [2.24, 2.45) is 0 Å². The highest BCUT2D eigenvalue weighted by Gasteiger charge is 2.24. The van der Waals surface area contributed by atoms with Crippen LogP contribution in [0.3, 0.4) is 0 Å². The molecule has 6 heteroatoms. The van der Waals surface area contributed by atoms with E-state index in [4.69, 9.17) is 4.74 Å². The smallest absolute Gasteiger partial charge is 0.206 e. The number of sulfone groups is 1. The molecule has 1 aliphatic heterocycles. The Morgan fingerprint density at radius 2 is 1.80 bits per heavy atom. The van der Waals surface area contributed by atoms with Gasteiger partial charge in [0.2, 0.25) is 9.84 Å². The van der Waals surface area contributed by atoms with Gasteiger partial charge in [-0.3, -0.25) is 0 Å². The van der Waals surface area contributed by atoms with Crippen LogP contribution in [0.15, 0.2) is 82.6 Å². The summed E-state index contributed by atoms with van der Waals surface area (Å²) in [6, 6.07) is 20.3. The Morgan fingerprint density at radius 3 is 2.57 bits per heavy atom. The molecule has 4 nitrogen and oxygen atoms in total. The van der Waals surface area contributed by atoms with Crippen LogP contribution in [0.5, 0.6) is 5.75 Å².